The Balaban J connectivity index is 1.82. The molecule has 0 aliphatic carbocycles. The second-order valence-electron chi connectivity index (χ2n) is 7.75. The molecule has 0 atom stereocenters. The Hall–Kier alpha value is -2.99. The lowest BCUT2D eigenvalue weighted by atomic mass is 10.1. The van der Waals surface area contributed by atoms with Crippen LogP contribution in [-0.2, 0) is 17.9 Å². The van der Waals surface area contributed by atoms with Crippen LogP contribution in [0.15, 0.2) is 66.7 Å². The molecule has 0 aliphatic heterocycles. The topological polar surface area (TPSA) is 40.6 Å². The van der Waals surface area contributed by atoms with Crippen molar-refractivity contribution in [3.05, 3.63) is 93.4 Å². The van der Waals surface area contributed by atoms with E-state index in [0.717, 1.165) is 10.4 Å². The van der Waals surface area contributed by atoms with Gasteiger partial charge in [0.05, 0.1) is 12.1 Å². The summed E-state index contributed by atoms with van der Waals surface area (Å²) in [5, 5.41) is 0. The van der Waals surface area contributed by atoms with Crippen LogP contribution in [0.1, 0.15) is 39.5 Å². The van der Waals surface area contributed by atoms with Gasteiger partial charge in [0.1, 0.15) is 12.4 Å². The minimum absolute atomic E-state index is 0.0208. The van der Waals surface area contributed by atoms with Crippen molar-refractivity contribution < 1.29 is 14.0 Å². The standard InChI is InChI=1S/C25H27FN2O2S/c1-18(2)28(25(30)22-11-7-8-12-23(22)26)17-24(29)27(15-20-9-5-4-6-10-20)16-21-14-13-19(3)31-21/h4-14,18H,15-17H2,1-3H3. The molecule has 162 valence electrons. The number of hydrogen-bond donors (Lipinski definition) is 0. The van der Waals surface area contributed by atoms with Gasteiger partial charge in [0.15, 0.2) is 0 Å². The molecule has 0 spiro atoms. The van der Waals surface area contributed by atoms with Gasteiger partial charge in [0.2, 0.25) is 5.91 Å². The van der Waals surface area contributed by atoms with Crippen LogP contribution in [0.5, 0.6) is 0 Å². The quantitative estimate of drug-likeness (QED) is 0.480. The van der Waals surface area contributed by atoms with Gasteiger partial charge in [-0.15, -0.1) is 11.3 Å². The van der Waals surface area contributed by atoms with E-state index in [1.54, 1.807) is 28.4 Å². The van der Waals surface area contributed by atoms with Crippen LogP contribution >= 0.6 is 11.3 Å². The summed E-state index contributed by atoms with van der Waals surface area (Å²) >= 11 is 1.65. The summed E-state index contributed by atoms with van der Waals surface area (Å²) < 4.78 is 14.2. The van der Waals surface area contributed by atoms with Gasteiger partial charge in [-0.05, 0) is 50.6 Å². The summed E-state index contributed by atoms with van der Waals surface area (Å²) in [5.41, 5.74) is 0.994. The van der Waals surface area contributed by atoms with Crippen molar-refractivity contribution in [3.63, 3.8) is 0 Å². The van der Waals surface area contributed by atoms with Crippen molar-refractivity contribution in [2.45, 2.75) is 39.9 Å². The minimum Gasteiger partial charge on any atom is -0.332 e. The lowest BCUT2D eigenvalue weighted by molar-refractivity contribution is -0.133. The van der Waals surface area contributed by atoms with Crippen LogP contribution in [0.25, 0.3) is 0 Å². The molecule has 0 saturated heterocycles. The van der Waals surface area contributed by atoms with Gasteiger partial charge in [-0.1, -0.05) is 42.5 Å². The Morgan fingerprint density at radius 3 is 2.23 bits per heavy atom. The van der Waals surface area contributed by atoms with E-state index in [1.807, 2.05) is 63.2 Å². The largest absolute Gasteiger partial charge is 0.332 e. The van der Waals surface area contributed by atoms with Gasteiger partial charge in [0.25, 0.3) is 5.91 Å². The van der Waals surface area contributed by atoms with Crippen molar-refractivity contribution in [1.82, 2.24) is 9.80 Å². The highest BCUT2D eigenvalue weighted by molar-refractivity contribution is 7.11. The predicted molar refractivity (Wildman–Crippen MR) is 122 cm³/mol. The smallest absolute Gasteiger partial charge is 0.257 e. The number of hydrogen-bond acceptors (Lipinski definition) is 3. The third kappa shape index (κ3) is 6.01. The Morgan fingerprint density at radius 1 is 0.935 bits per heavy atom. The molecule has 2 amide bonds. The normalized spacial score (nSPS) is 10.9. The van der Waals surface area contributed by atoms with E-state index >= 15 is 0 Å². The molecule has 0 unspecified atom stereocenters. The number of carbonyl (C=O) groups excluding carboxylic acids is 2. The first-order chi connectivity index (χ1) is 14.8. The van der Waals surface area contributed by atoms with E-state index in [1.165, 1.54) is 21.9 Å². The highest BCUT2D eigenvalue weighted by Crippen LogP contribution is 2.20. The molecule has 2 aromatic carbocycles. The first kappa shape index (κ1) is 22.7. The maximum Gasteiger partial charge on any atom is 0.257 e. The van der Waals surface area contributed by atoms with Crippen LogP contribution in [-0.4, -0.2) is 34.2 Å². The van der Waals surface area contributed by atoms with Crippen LogP contribution in [0.3, 0.4) is 0 Å². The van der Waals surface area contributed by atoms with Crippen LogP contribution in [0.2, 0.25) is 0 Å². The van der Waals surface area contributed by atoms with Gasteiger partial charge in [-0.3, -0.25) is 9.59 Å². The zero-order valence-electron chi connectivity index (χ0n) is 18.0. The highest BCUT2D eigenvalue weighted by Gasteiger charge is 2.26. The number of rotatable bonds is 8. The molecule has 1 aromatic heterocycles. The Labute approximate surface area is 186 Å². The molecule has 0 radical (unpaired) electrons. The Bertz CT molecular complexity index is 1030. The lowest BCUT2D eigenvalue weighted by Crippen LogP contribution is -2.45. The number of carbonyl (C=O) groups is 2. The average molecular weight is 439 g/mol. The number of benzene rings is 2. The first-order valence-electron chi connectivity index (χ1n) is 10.3. The zero-order chi connectivity index (χ0) is 22.4. The van der Waals surface area contributed by atoms with Gasteiger partial charge < -0.3 is 9.80 Å². The van der Waals surface area contributed by atoms with Crippen molar-refractivity contribution >= 4 is 23.2 Å². The van der Waals surface area contributed by atoms with Gasteiger partial charge in [-0.2, -0.15) is 0 Å². The van der Waals surface area contributed by atoms with Crippen molar-refractivity contribution in [1.29, 1.82) is 0 Å². The number of aryl methyl sites for hydroxylation is 1. The second kappa shape index (κ2) is 10.4. The van der Waals surface area contributed by atoms with Crippen LogP contribution in [0, 0.1) is 12.7 Å². The van der Waals surface area contributed by atoms with E-state index in [4.69, 9.17) is 0 Å². The van der Waals surface area contributed by atoms with E-state index < -0.39 is 11.7 Å². The van der Waals surface area contributed by atoms with Crippen LogP contribution in [0.4, 0.5) is 4.39 Å². The van der Waals surface area contributed by atoms with E-state index in [2.05, 4.69) is 0 Å². The van der Waals surface area contributed by atoms with Crippen LogP contribution < -0.4 is 0 Å². The molecular formula is C25H27FN2O2S. The van der Waals surface area contributed by atoms with Gasteiger partial charge in [0, 0.05) is 22.3 Å². The summed E-state index contributed by atoms with van der Waals surface area (Å²) in [7, 11) is 0. The molecule has 1 heterocycles. The maximum atomic E-state index is 14.2. The molecule has 0 N–H and O–H groups in total. The molecular weight excluding hydrogens is 411 g/mol. The third-order valence-corrected chi connectivity index (χ3v) is 5.99. The second-order valence-corrected chi connectivity index (χ2v) is 9.13. The number of halogens is 1. The number of nitrogens with zero attached hydrogens (tertiary/aromatic N) is 2. The summed E-state index contributed by atoms with van der Waals surface area (Å²) in [5.74, 6) is -1.23. The Kier molecular flexibility index (Phi) is 7.58. The maximum absolute atomic E-state index is 14.2. The average Bonchev–Trinajstić information content (AvgIpc) is 3.16. The van der Waals surface area contributed by atoms with E-state index in [9.17, 15) is 14.0 Å². The molecule has 6 heteroatoms. The van der Waals surface area contributed by atoms with Gasteiger partial charge >= 0.3 is 0 Å². The number of amides is 2. The molecule has 3 rings (SSSR count). The fourth-order valence-electron chi connectivity index (χ4n) is 3.32. The minimum atomic E-state index is -0.583. The van der Waals surface area contributed by atoms with Crippen molar-refractivity contribution in [2.24, 2.45) is 0 Å². The third-order valence-electron chi connectivity index (χ3n) is 5.01. The lowest BCUT2D eigenvalue weighted by Gasteiger charge is -2.30. The van der Waals surface area contributed by atoms with Crippen molar-refractivity contribution in [3.8, 4) is 0 Å². The van der Waals surface area contributed by atoms with E-state index in [0.29, 0.717) is 13.1 Å². The summed E-state index contributed by atoms with van der Waals surface area (Å²) in [4.78, 5) is 31.8. The fraction of sp³-hybridized carbons (Fsp3) is 0.280. The zero-order valence-corrected chi connectivity index (χ0v) is 18.9. The van der Waals surface area contributed by atoms with Gasteiger partial charge in [-0.25, -0.2) is 4.39 Å². The number of thiophene rings is 1. The van der Waals surface area contributed by atoms with Crippen molar-refractivity contribution in [2.75, 3.05) is 6.54 Å². The molecule has 0 fully saturated rings. The first-order valence-corrected chi connectivity index (χ1v) is 11.1. The highest BCUT2D eigenvalue weighted by atomic mass is 32.1. The SMILES string of the molecule is Cc1ccc(CN(Cc2ccccc2)C(=O)CN(C(=O)c2ccccc2F)C(C)C)s1. The molecule has 4 nitrogen and oxygen atoms in total. The summed E-state index contributed by atoms with van der Waals surface area (Å²) in [6.45, 7) is 6.49. The summed E-state index contributed by atoms with van der Waals surface area (Å²) in [6, 6.07) is 19.5. The molecule has 0 bridgehead atoms. The summed E-state index contributed by atoms with van der Waals surface area (Å²) in [6.07, 6.45) is 0. The molecule has 31 heavy (non-hydrogen) atoms. The fourth-order valence-corrected chi connectivity index (χ4v) is 4.22. The Morgan fingerprint density at radius 2 is 1.61 bits per heavy atom. The van der Waals surface area contributed by atoms with E-state index in [-0.39, 0.29) is 24.1 Å². The molecule has 0 saturated carbocycles. The molecule has 0 aliphatic rings. The predicted octanol–water partition coefficient (Wildman–Crippen LogP) is 5.28. The molecule has 3 aromatic rings. The monoisotopic (exact) mass is 438 g/mol.